The van der Waals surface area contributed by atoms with Crippen LogP contribution >= 0.6 is 0 Å². The van der Waals surface area contributed by atoms with Gasteiger partial charge in [-0.05, 0) is 44.0 Å². The van der Waals surface area contributed by atoms with Crippen molar-refractivity contribution >= 4 is 0 Å². The lowest BCUT2D eigenvalue weighted by molar-refractivity contribution is 0.101. The van der Waals surface area contributed by atoms with Crippen molar-refractivity contribution in [2.45, 2.75) is 25.5 Å². The third-order valence-electron chi connectivity index (χ3n) is 3.69. The summed E-state index contributed by atoms with van der Waals surface area (Å²) in [5, 5.41) is 9.94. The third-order valence-corrected chi connectivity index (χ3v) is 3.69. The van der Waals surface area contributed by atoms with Crippen LogP contribution in [0.15, 0.2) is 46.9 Å². The lowest BCUT2D eigenvalue weighted by Crippen LogP contribution is -2.29. The molecular formula is C17H21NO3. The number of nitrogens with zero attached hydrogens (tertiary/aromatic N) is 1. The standard InChI is InChI=1S/C17H21NO3/c1-18(12-16(19)13-7-8-13)11-15-9-10-17(21-15)20-14-5-3-2-4-6-14/h2-6,9-10,13,16,19H,7-8,11-12H2,1H3. The normalized spacial score (nSPS) is 16.1. The topological polar surface area (TPSA) is 45.8 Å². The van der Waals surface area contributed by atoms with E-state index < -0.39 is 0 Å². The first-order valence-corrected chi connectivity index (χ1v) is 7.39. The van der Waals surface area contributed by atoms with Gasteiger partial charge in [0, 0.05) is 12.6 Å². The van der Waals surface area contributed by atoms with Gasteiger partial charge in [0.2, 0.25) is 0 Å². The summed E-state index contributed by atoms with van der Waals surface area (Å²) in [5.74, 6) is 2.59. The van der Waals surface area contributed by atoms with E-state index in [1.807, 2.05) is 49.5 Å². The summed E-state index contributed by atoms with van der Waals surface area (Å²) in [6, 6.07) is 13.3. The van der Waals surface area contributed by atoms with Gasteiger partial charge in [-0.25, -0.2) is 0 Å². The van der Waals surface area contributed by atoms with Crippen molar-refractivity contribution in [3.05, 3.63) is 48.2 Å². The molecule has 112 valence electrons. The molecule has 2 aromatic rings. The van der Waals surface area contributed by atoms with Crippen molar-refractivity contribution in [2.75, 3.05) is 13.6 Å². The number of hydrogen-bond acceptors (Lipinski definition) is 4. The van der Waals surface area contributed by atoms with Crippen molar-refractivity contribution in [3.63, 3.8) is 0 Å². The molecule has 3 rings (SSSR count). The summed E-state index contributed by atoms with van der Waals surface area (Å²) in [7, 11) is 1.99. The number of likely N-dealkylation sites (N-methyl/N-ethyl adjacent to an activating group) is 1. The minimum absolute atomic E-state index is 0.218. The summed E-state index contributed by atoms with van der Waals surface area (Å²) < 4.78 is 11.3. The average molecular weight is 287 g/mol. The summed E-state index contributed by atoms with van der Waals surface area (Å²) in [4.78, 5) is 2.08. The van der Waals surface area contributed by atoms with Gasteiger partial charge >= 0.3 is 0 Å². The van der Waals surface area contributed by atoms with E-state index in [0.717, 1.165) is 24.4 Å². The fourth-order valence-electron chi connectivity index (χ4n) is 2.38. The lowest BCUT2D eigenvalue weighted by Gasteiger charge is -2.19. The zero-order chi connectivity index (χ0) is 14.7. The van der Waals surface area contributed by atoms with E-state index in [1.54, 1.807) is 0 Å². The Morgan fingerprint density at radius 2 is 2.00 bits per heavy atom. The van der Waals surface area contributed by atoms with Crippen molar-refractivity contribution in [1.29, 1.82) is 0 Å². The third kappa shape index (κ3) is 4.09. The summed E-state index contributed by atoms with van der Waals surface area (Å²) in [6.07, 6.45) is 2.10. The molecular weight excluding hydrogens is 266 g/mol. The second kappa shape index (κ2) is 6.33. The Bertz CT molecular complexity index is 562. The van der Waals surface area contributed by atoms with Crippen LogP contribution in [0.1, 0.15) is 18.6 Å². The molecule has 0 amide bonds. The Labute approximate surface area is 124 Å². The molecule has 1 aliphatic rings. The minimum atomic E-state index is -0.218. The van der Waals surface area contributed by atoms with Crippen LogP contribution in [0.4, 0.5) is 0 Å². The van der Waals surface area contributed by atoms with Gasteiger partial charge < -0.3 is 14.3 Å². The highest BCUT2D eigenvalue weighted by Gasteiger charge is 2.30. The number of benzene rings is 1. The molecule has 1 aromatic heterocycles. The molecule has 4 heteroatoms. The molecule has 0 aliphatic heterocycles. The summed E-state index contributed by atoms with van der Waals surface area (Å²) in [5.41, 5.74) is 0. The molecule has 1 aromatic carbocycles. The first kappa shape index (κ1) is 14.2. The minimum Gasteiger partial charge on any atom is -0.429 e. The van der Waals surface area contributed by atoms with Gasteiger partial charge in [-0.15, -0.1) is 0 Å². The molecule has 0 saturated heterocycles. The van der Waals surface area contributed by atoms with Crippen molar-refractivity contribution in [3.8, 4) is 11.7 Å². The molecule has 1 aliphatic carbocycles. The second-order valence-corrected chi connectivity index (χ2v) is 5.74. The van der Waals surface area contributed by atoms with Gasteiger partial charge in [-0.1, -0.05) is 18.2 Å². The van der Waals surface area contributed by atoms with E-state index in [1.165, 1.54) is 0 Å². The maximum Gasteiger partial charge on any atom is 0.290 e. The van der Waals surface area contributed by atoms with Crippen LogP contribution in [0.3, 0.4) is 0 Å². The van der Waals surface area contributed by atoms with Crippen LogP contribution < -0.4 is 4.74 Å². The maximum absolute atomic E-state index is 9.94. The fourth-order valence-corrected chi connectivity index (χ4v) is 2.38. The molecule has 1 fully saturated rings. The molecule has 0 radical (unpaired) electrons. The first-order chi connectivity index (χ1) is 10.2. The predicted molar refractivity (Wildman–Crippen MR) is 80.3 cm³/mol. The number of aliphatic hydroxyl groups is 1. The van der Waals surface area contributed by atoms with Crippen LogP contribution in [0.25, 0.3) is 0 Å². The highest BCUT2D eigenvalue weighted by atomic mass is 16.6. The Balaban J connectivity index is 1.52. The molecule has 1 N–H and O–H groups in total. The Morgan fingerprint density at radius 3 is 2.71 bits per heavy atom. The molecule has 0 spiro atoms. The van der Waals surface area contributed by atoms with Crippen LogP contribution in [-0.4, -0.2) is 29.7 Å². The van der Waals surface area contributed by atoms with Gasteiger partial charge in [-0.2, -0.15) is 0 Å². The van der Waals surface area contributed by atoms with E-state index in [-0.39, 0.29) is 6.10 Å². The quantitative estimate of drug-likeness (QED) is 0.849. The largest absolute Gasteiger partial charge is 0.429 e. The number of furan rings is 1. The highest BCUT2D eigenvalue weighted by molar-refractivity contribution is 5.26. The van der Waals surface area contributed by atoms with Crippen LogP contribution in [-0.2, 0) is 6.54 Å². The zero-order valence-corrected chi connectivity index (χ0v) is 12.2. The van der Waals surface area contributed by atoms with E-state index in [2.05, 4.69) is 4.90 Å². The second-order valence-electron chi connectivity index (χ2n) is 5.74. The number of ether oxygens (including phenoxy) is 1. The molecule has 1 saturated carbocycles. The Kier molecular flexibility index (Phi) is 4.27. The number of rotatable bonds is 7. The number of hydrogen-bond donors (Lipinski definition) is 1. The van der Waals surface area contributed by atoms with Crippen LogP contribution in [0, 0.1) is 5.92 Å². The Hall–Kier alpha value is -1.78. The van der Waals surface area contributed by atoms with Crippen LogP contribution in [0.2, 0.25) is 0 Å². The highest BCUT2D eigenvalue weighted by Crippen LogP contribution is 2.33. The first-order valence-electron chi connectivity index (χ1n) is 7.39. The van der Waals surface area contributed by atoms with E-state index in [9.17, 15) is 5.11 Å². The van der Waals surface area contributed by atoms with Crippen LogP contribution in [0.5, 0.6) is 11.7 Å². The Morgan fingerprint density at radius 1 is 1.24 bits per heavy atom. The van der Waals surface area contributed by atoms with Crippen molar-refractivity contribution in [2.24, 2.45) is 5.92 Å². The van der Waals surface area contributed by atoms with Gasteiger partial charge in [0.25, 0.3) is 5.95 Å². The predicted octanol–water partition coefficient (Wildman–Crippen LogP) is 3.27. The van der Waals surface area contributed by atoms with Gasteiger partial charge in [-0.3, -0.25) is 4.90 Å². The van der Waals surface area contributed by atoms with Crippen molar-refractivity contribution < 1.29 is 14.3 Å². The monoisotopic (exact) mass is 287 g/mol. The molecule has 1 atom stereocenters. The van der Waals surface area contributed by atoms with Gasteiger partial charge in [0.1, 0.15) is 11.5 Å². The number of aliphatic hydroxyl groups excluding tert-OH is 1. The molecule has 0 bridgehead atoms. The lowest BCUT2D eigenvalue weighted by atomic mass is 10.2. The van der Waals surface area contributed by atoms with Crippen molar-refractivity contribution in [1.82, 2.24) is 4.90 Å². The SMILES string of the molecule is CN(Cc1ccc(Oc2ccccc2)o1)CC(O)C1CC1. The fraction of sp³-hybridized carbons (Fsp3) is 0.412. The van der Waals surface area contributed by atoms with Gasteiger partial charge in [0.15, 0.2) is 0 Å². The van der Waals surface area contributed by atoms with E-state index >= 15 is 0 Å². The summed E-state index contributed by atoms with van der Waals surface area (Å²) in [6.45, 7) is 1.35. The smallest absolute Gasteiger partial charge is 0.290 e. The maximum atomic E-state index is 9.94. The zero-order valence-electron chi connectivity index (χ0n) is 12.2. The summed E-state index contributed by atoms with van der Waals surface area (Å²) >= 11 is 0. The van der Waals surface area contributed by atoms with Gasteiger partial charge in [0.05, 0.1) is 12.6 Å². The molecule has 4 nitrogen and oxygen atoms in total. The number of para-hydroxylation sites is 1. The van der Waals surface area contributed by atoms with E-state index in [4.69, 9.17) is 9.15 Å². The van der Waals surface area contributed by atoms with E-state index in [0.29, 0.717) is 25.0 Å². The molecule has 1 heterocycles. The molecule has 21 heavy (non-hydrogen) atoms. The molecule has 1 unspecified atom stereocenters. The average Bonchev–Trinajstić information content (AvgIpc) is 3.23.